The van der Waals surface area contributed by atoms with Crippen LogP contribution in [0.5, 0.6) is 17.2 Å². The molecule has 7 heteroatoms. The minimum atomic E-state index is -0.254. The maximum atomic E-state index is 12.2. The fourth-order valence-corrected chi connectivity index (χ4v) is 2.38. The molecule has 1 aromatic carbocycles. The van der Waals surface area contributed by atoms with E-state index in [0.717, 1.165) is 19.3 Å². The molecule has 22 heavy (non-hydrogen) atoms. The smallest absolute Gasteiger partial charge is 0.251 e. The third-order valence-electron chi connectivity index (χ3n) is 3.88. The molecule has 2 rings (SSSR count). The molecule has 1 saturated carbocycles. The molecule has 0 spiro atoms. The average Bonchev–Trinajstić information content (AvgIpc) is 2.48. The zero-order chi connectivity index (χ0) is 15.5. The third kappa shape index (κ3) is 3.75. The molecule has 1 aliphatic carbocycles. The summed E-state index contributed by atoms with van der Waals surface area (Å²) in [6, 6.07) is 3.25. The zero-order valence-electron chi connectivity index (χ0n) is 13.1. The zero-order valence-corrected chi connectivity index (χ0v) is 13.9. The SMILES string of the molecule is COc1cc(C(=O)NCC2(N)CCC2)cc(OC)c1OC.Cl. The lowest BCUT2D eigenvalue weighted by Gasteiger charge is -2.38. The molecule has 0 bridgehead atoms. The van der Waals surface area contributed by atoms with Crippen LogP contribution in [0.25, 0.3) is 0 Å². The van der Waals surface area contributed by atoms with Crippen molar-refractivity contribution in [2.24, 2.45) is 5.73 Å². The van der Waals surface area contributed by atoms with Crippen molar-refractivity contribution < 1.29 is 19.0 Å². The van der Waals surface area contributed by atoms with Crippen LogP contribution in [-0.2, 0) is 0 Å². The second kappa shape index (κ2) is 7.56. The first-order valence-corrected chi connectivity index (χ1v) is 6.90. The second-order valence-corrected chi connectivity index (χ2v) is 5.31. The number of methoxy groups -OCH3 is 3. The Morgan fingerprint density at radius 2 is 1.73 bits per heavy atom. The number of halogens is 1. The molecule has 0 aliphatic heterocycles. The van der Waals surface area contributed by atoms with E-state index in [0.29, 0.717) is 29.4 Å². The van der Waals surface area contributed by atoms with E-state index in [4.69, 9.17) is 19.9 Å². The lowest BCUT2D eigenvalue weighted by Crippen LogP contribution is -2.54. The largest absolute Gasteiger partial charge is 0.493 e. The normalized spacial score (nSPS) is 15.1. The number of ether oxygens (including phenoxy) is 3. The maximum Gasteiger partial charge on any atom is 0.251 e. The predicted octanol–water partition coefficient (Wildman–Crippen LogP) is 1.75. The first-order valence-electron chi connectivity index (χ1n) is 6.90. The molecular formula is C15H23ClN2O4. The first-order chi connectivity index (χ1) is 10.0. The van der Waals surface area contributed by atoms with Crippen LogP contribution in [0.3, 0.4) is 0 Å². The number of carbonyl (C=O) groups is 1. The highest BCUT2D eigenvalue weighted by molar-refractivity contribution is 5.95. The summed E-state index contributed by atoms with van der Waals surface area (Å²) < 4.78 is 15.7. The van der Waals surface area contributed by atoms with Crippen LogP contribution in [0.4, 0.5) is 0 Å². The fourth-order valence-electron chi connectivity index (χ4n) is 2.38. The number of amides is 1. The van der Waals surface area contributed by atoms with Crippen molar-refractivity contribution in [3.8, 4) is 17.2 Å². The molecule has 0 aromatic heterocycles. The van der Waals surface area contributed by atoms with Crippen molar-refractivity contribution in [3.63, 3.8) is 0 Å². The summed E-state index contributed by atoms with van der Waals surface area (Å²) >= 11 is 0. The third-order valence-corrected chi connectivity index (χ3v) is 3.88. The lowest BCUT2D eigenvalue weighted by molar-refractivity contribution is 0.0929. The van der Waals surface area contributed by atoms with Gasteiger partial charge >= 0.3 is 0 Å². The highest BCUT2D eigenvalue weighted by atomic mass is 35.5. The van der Waals surface area contributed by atoms with Crippen LogP contribution < -0.4 is 25.3 Å². The van der Waals surface area contributed by atoms with E-state index in [-0.39, 0.29) is 23.9 Å². The van der Waals surface area contributed by atoms with Gasteiger partial charge in [0.05, 0.1) is 21.3 Å². The second-order valence-electron chi connectivity index (χ2n) is 5.31. The molecule has 0 unspecified atom stereocenters. The predicted molar refractivity (Wildman–Crippen MR) is 86.4 cm³/mol. The molecular weight excluding hydrogens is 308 g/mol. The Morgan fingerprint density at radius 3 is 2.09 bits per heavy atom. The Labute approximate surface area is 136 Å². The average molecular weight is 331 g/mol. The van der Waals surface area contributed by atoms with Crippen LogP contribution in [-0.4, -0.2) is 39.3 Å². The van der Waals surface area contributed by atoms with E-state index in [1.807, 2.05) is 0 Å². The summed E-state index contributed by atoms with van der Waals surface area (Å²) in [6.45, 7) is 0.475. The minimum Gasteiger partial charge on any atom is -0.493 e. The molecule has 0 radical (unpaired) electrons. The summed E-state index contributed by atoms with van der Waals surface area (Å²) in [6.07, 6.45) is 3.02. The topological polar surface area (TPSA) is 82.8 Å². The molecule has 3 N–H and O–H groups in total. The molecule has 1 aliphatic rings. The van der Waals surface area contributed by atoms with Crippen LogP contribution in [0.15, 0.2) is 12.1 Å². The van der Waals surface area contributed by atoms with Crippen LogP contribution >= 0.6 is 12.4 Å². The van der Waals surface area contributed by atoms with Crippen molar-refractivity contribution >= 4 is 18.3 Å². The minimum absolute atomic E-state index is 0. The number of nitrogens with two attached hydrogens (primary N) is 1. The Hall–Kier alpha value is -1.66. The molecule has 124 valence electrons. The number of hydrogen-bond donors (Lipinski definition) is 2. The van der Waals surface area contributed by atoms with E-state index < -0.39 is 0 Å². The summed E-state index contributed by atoms with van der Waals surface area (Å²) in [5, 5.41) is 2.87. The first kappa shape index (κ1) is 18.4. The van der Waals surface area contributed by atoms with Crippen molar-refractivity contribution in [2.45, 2.75) is 24.8 Å². The van der Waals surface area contributed by atoms with Gasteiger partial charge in [-0.25, -0.2) is 0 Å². The van der Waals surface area contributed by atoms with Crippen molar-refractivity contribution in [1.29, 1.82) is 0 Å². The van der Waals surface area contributed by atoms with Gasteiger partial charge in [-0.15, -0.1) is 12.4 Å². The van der Waals surface area contributed by atoms with Gasteiger partial charge in [-0.2, -0.15) is 0 Å². The summed E-state index contributed by atoms with van der Waals surface area (Å²) in [5.41, 5.74) is 6.30. The Kier molecular flexibility index (Phi) is 6.32. The Balaban J connectivity index is 0.00000242. The fraction of sp³-hybridized carbons (Fsp3) is 0.533. The highest BCUT2D eigenvalue weighted by Gasteiger charge is 2.32. The quantitative estimate of drug-likeness (QED) is 0.830. The molecule has 1 aromatic rings. The van der Waals surface area contributed by atoms with Gasteiger partial charge in [0.25, 0.3) is 5.91 Å². The maximum absolute atomic E-state index is 12.2. The highest BCUT2D eigenvalue weighted by Crippen LogP contribution is 2.38. The van der Waals surface area contributed by atoms with Gasteiger partial charge in [-0.3, -0.25) is 4.79 Å². The molecule has 0 atom stereocenters. The molecule has 6 nitrogen and oxygen atoms in total. The number of rotatable bonds is 6. The van der Waals surface area contributed by atoms with Gasteiger partial charge in [-0.1, -0.05) is 0 Å². The lowest BCUT2D eigenvalue weighted by atomic mass is 9.78. The Morgan fingerprint density at radius 1 is 1.18 bits per heavy atom. The standard InChI is InChI=1S/C15H22N2O4.ClH/c1-19-11-7-10(8-12(20-2)13(11)21-3)14(18)17-9-15(16)5-4-6-15;/h7-8H,4-6,9,16H2,1-3H3,(H,17,18);1H. The van der Waals surface area contributed by atoms with Crippen molar-refractivity contribution in [2.75, 3.05) is 27.9 Å². The van der Waals surface area contributed by atoms with E-state index in [9.17, 15) is 4.79 Å². The van der Waals surface area contributed by atoms with Crippen molar-refractivity contribution in [1.82, 2.24) is 5.32 Å². The molecule has 0 saturated heterocycles. The van der Waals surface area contributed by atoms with Gasteiger partial charge in [0, 0.05) is 17.6 Å². The number of benzene rings is 1. The van der Waals surface area contributed by atoms with Crippen LogP contribution in [0.1, 0.15) is 29.6 Å². The van der Waals surface area contributed by atoms with Gasteiger partial charge in [-0.05, 0) is 31.4 Å². The van der Waals surface area contributed by atoms with Gasteiger partial charge < -0.3 is 25.3 Å². The van der Waals surface area contributed by atoms with E-state index >= 15 is 0 Å². The number of nitrogens with one attached hydrogen (secondary N) is 1. The van der Waals surface area contributed by atoms with Crippen LogP contribution in [0, 0.1) is 0 Å². The van der Waals surface area contributed by atoms with Crippen LogP contribution in [0.2, 0.25) is 0 Å². The van der Waals surface area contributed by atoms with Crippen molar-refractivity contribution in [3.05, 3.63) is 17.7 Å². The monoisotopic (exact) mass is 330 g/mol. The van der Waals surface area contributed by atoms with Gasteiger partial charge in [0.15, 0.2) is 11.5 Å². The molecule has 1 fully saturated rings. The van der Waals surface area contributed by atoms with E-state index in [1.54, 1.807) is 12.1 Å². The summed E-state index contributed by atoms with van der Waals surface area (Å²) in [7, 11) is 4.55. The number of hydrogen-bond acceptors (Lipinski definition) is 5. The number of carbonyl (C=O) groups excluding carboxylic acids is 1. The van der Waals surface area contributed by atoms with E-state index in [2.05, 4.69) is 5.32 Å². The molecule has 1 amide bonds. The summed E-state index contributed by atoms with van der Waals surface area (Å²) in [4.78, 5) is 12.2. The van der Waals surface area contributed by atoms with Gasteiger partial charge in [0.2, 0.25) is 5.75 Å². The Bertz CT molecular complexity index is 507. The summed E-state index contributed by atoms with van der Waals surface area (Å²) in [5.74, 6) is 1.16. The van der Waals surface area contributed by atoms with E-state index in [1.165, 1.54) is 21.3 Å². The van der Waals surface area contributed by atoms with Gasteiger partial charge in [0.1, 0.15) is 0 Å². The molecule has 0 heterocycles.